The Morgan fingerprint density at radius 3 is 2.83 bits per heavy atom. The van der Waals surface area contributed by atoms with Crippen LogP contribution in [0, 0.1) is 11.3 Å². The molecule has 1 fully saturated rings. The van der Waals surface area contributed by atoms with Crippen molar-refractivity contribution in [2.24, 2.45) is 0 Å². The lowest BCUT2D eigenvalue weighted by molar-refractivity contribution is -0.0948. The molecule has 5 N–H and O–H groups in total. The van der Waals surface area contributed by atoms with E-state index in [2.05, 4.69) is 9.97 Å². The molecule has 10 heteroatoms. The van der Waals surface area contributed by atoms with E-state index in [-0.39, 0.29) is 22.4 Å². The Labute approximate surface area is 130 Å². The molecular formula is C13H15N5O5. The van der Waals surface area contributed by atoms with Crippen LogP contribution in [-0.4, -0.2) is 59.5 Å². The molecule has 3 rings (SSSR count). The van der Waals surface area contributed by atoms with Gasteiger partial charge in [-0.25, -0.2) is 9.97 Å². The smallest absolute Gasteiger partial charge is 0.167 e. The lowest BCUT2D eigenvalue weighted by Gasteiger charge is -2.27. The predicted octanol–water partition coefficient (Wildman–Crippen LogP) is -0.894. The lowest BCUT2D eigenvalue weighted by atomic mass is 9.96. The second-order valence-corrected chi connectivity index (χ2v) is 5.47. The Bertz CT molecular complexity index is 783. The van der Waals surface area contributed by atoms with E-state index in [1.807, 2.05) is 11.5 Å². The summed E-state index contributed by atoms with van der Waals surface area (Å²) in [5.74, 6) is 0.0298. The van der Waals surface area contributed by atoms with Crippen LogP contribution < -0.4 is 5.48 Å². The molecule has 2 aromatic heterocycles. The fraction of sp³-hybridized carbons (Fsp3) is 0.462. The number of aliphatic hydroxyl groups excluding tert-OH is 2. The zero-order valence-electron chi connectivity index (χ0n) is 12.1. The van der Waals surface area contributed by atoms with Crippen molar-refractivity contribution in [1.29, 1.82) is 5.26 Å². The van der Waals surface area contributed by atoms with Gasteiger partial charge in [-0.05, 0) is 6.92 Å². The number of nitrogens with zero attached hydrogens (tertiary/aromatic N) is 4. The first kappa shape index (κ1) is 15.6. The molecule has 0 radical (unpaired) electrons. The molecule has 122 valence electrons. The molecule has 1 aliphatic heterocycles. The van der Waals surface area contributed by atoms with Gasteiger partial charge in [-0.15, -0.1) is 0 Å². The Morgan fingerprint density at radius 2 is 2.26 bits per heavy atom. The van der Waals surface area contributed by atoms with E-state index in [4.69, 9.17) is 9.94 Å². The number of nitrogens with one attached hydrogen (secondary N) is 1. The third-order valence-electron chi connectivity index (χ3n) is 4.02. The van der Waals surface area contributed by atoms with Crippen molar-refractivity contribution in [2.45, 2.75) is 31.0 Å². The highest BCUT2D eigenvalue weighted by Gasteiger charge is 2.53. The Morgan fingerprint density at radius 1 is 1.52 bits per heavy atom. The van der Waals surface area contributed by atoms with Crippen molar-refractivity contribution in [1.82, 2.24) is 14.5 Å². The molecule has 1 aliphatic rings. The number of rotatable bonds is 3. The Kier molecular flexibility index (Phi) is 3.67. The molecule has 1 saturated heterocycles. The molecule has 3 unspecified atom stereocenters. The summed E-state index contributed by atoms with van der Waals surface area (Å²) in [6, 6.07) is 1.95. The van der Waals surface area contributed by atoms with Crippen LogP contribution in [0.5, 0.6) is 0 Å². The number of aliphatic hydroxyl groups is 3. The Hall–Kier alpha value is -2.29. The summed E-state index contributed by atoms with van der Waals surface area (Å²) in [6.07, 6.45) is -0.831. The van der Waals surface area contributed by atoms with E-state index in [0.29, 0.717) is 0 Å². The first-order chi connectivity index (χ1) is 11.0. The number of fused-ring (bicyclic) bond motifs is 1. The number of ether oxygens (including phenoxy) is 1. The molecule has 3 heterocycles. The van der Waals surface area contributed by atoms with Gasteiger partial charge in [-0.1, -0.05) is 0 Å². The molecule has 4 atom stereocenters. The minimum atomic E-state index is -1.72. The standard InChI is InChI=1S/C13H15N5O5/c1-13(21)9(20)7(4-19)23-12(13)18-3-6(2-14)8-10(17-22)15-5-16-11(8)18/h3,5,7,9,12,19-22H,4H2,1H3,(H,15,16,17)/t7?,9?,12?,13-/m1/s1. The van der Waals surface area contributed by atoms with Gasteiger partial charge in [-0.2, -0.15) is 5.26 Å². The number of nitriles is 1. The quantitative estimate of drug-likeness (QED) is 0.452. The SMILES string of the molecule is C[C@@]1(O)C(O)C(CO)OC1n1cc(C#N)c2c(NO)ncnc21. The van der Waals surface area contributed by atoms with E-state index in [9.17, 15) is 20.6 Å². The summed E-state index contributed by atoms with van der Waals surface area (Å²) in [4.78, 5) is 7.89. The second kappa shape index (κ2) is 5.41. The van der Waals surface area contributed by atoms with Gasteiger partial charge in [0.05, 0.1) is 17.6 Å². The molecule has 0 bridgehead atoms. The highest BCUT2D eigenvalue weighted by Crippen LogP contribution is 2.40. The summed E-state index contributed by atoms with van der Waals surface area (Å²) in [5, 5.41) is 48.6. The zero-order chi connectivity index (χ0) is 16.8. The summed E-state index contributed by atoms with van der Waals surface area (Å²) in [6.45, 7) is 0.888. The van der Waals surface area contributed by atoms with E-state index in [1.165, 1.54) is 24.0 Å². The van der Waals surface area contributed by atoms with Gasteiger partial charge < -0.3 is 24.6 Å². The van der Waals surface area contributed by atoms with Crippen molar-refractivity contribution < 1.29 is 25.3 Å². The summed E-state index contributed by atoms with van der Waals surface area (Å²) in [5.41, 5.74) is 0.549. The normalized spacial score (nSPS) is 30.5. The minimum Gasteiger partial charge on any atom is -0.394 e. The molecule has 0 saturated carbocycles. The van der Waals surface area contributed by atoms with Gasteiger partial charge in [0, 0.05) is 6.20 Å². The number of anilines is 1. The molecule has 0 amide bonds. The van der Waals surface area contributed by atoms with Crippen LogP contribution in [0.15, 0.2) is 12.5 Å². The van der Waals surface area contributed by atoms with Gasteiger partial charge in [0.1, 0.15) is 35.9 Å². The molecule has 10 nitrogen and oxygen atoms in total. The molecule has 0 aromatic carbocycles. The number of hydrogen-bond acceptors (Lipinski definition) is 9. The molecule has 0 spiro atoms. The third kappa shape index (κ3) is 2.14. The first-order valence-electron chi connectivity index (χ1n) is 6.78. The maximum Gasteiger partial charge on any atom is 0.167 e. The van der Waals surface area contributed by atoms with Crippen LogP contribution >= 0.6 is 0 Å². The van der Waals surface area contributed by atoms with Crippen LogP contribution in [0.3, 0.4) is 0 Å². The average Bonchev–Trinajstić information content (AvgIpc) is 3.03. The molecule has 23 heavy (non-hydrogen) atoms. The van der Waals surface area contributed by atoms with Crippen molar-refractivity contribution in [2.75, 3.05) is 12.1 Å². The maximum absolute atomic E-state index is 10.5. The molecule has 0 aliphatic carbocycles. The Balaban J connectivity index is 2.20. The maximum atomic E-state index is 10.5. The van der Waals surface area contributed by atoms with E-state index >= 15 is 0 Å². The first-order valence-corrected chi connectivity index (χ1v) is 6.78. The largest absolute Gasteiger partial charge is 0.394 e. The van der Waals surface area contributed by atoms with E-state index in [0.717, 1.165) is 0 Å². The fourth-order valence-corrected chi connectivity index (χ4v) is 2.82. The number of hydrogen-bond donors (Lipinski definition) is 5. The van der Waals surface area contributed by atoms with E-state index < -0.39 is 30.6 Å². The lowest BCUT2D eigenvalue weighted by Crippen LogP contribution is -2.44. The van der Waals surface area contributed by atoms with Crippen molar-refractivity contribution in [3.63, 3.8) is 0 Å². The molecular weight excluding hydrogens is 306 g/mol. The minimum absolute atomic E-state index is 0.0298. The van der Waals surface area contributed by atoms with Gasteiger partial charge in [0.25, 0.3) is 0 Å². The summed E-state index contributed by atoms with van der Waals surface area (Å²) in [7, 11) is 0. The van der Waals surface area contributed by atoms with Crippen molar-refractivity contribution >= 4 is 16.9 Å². The van der Waals surface area contributed by atoms with Gasteiger partial charge in [-0.3, -0.25) is 10.7 Å². The van der Waals surface area contributed by atoms with Crippen molar-refractivity contribution in [3.8, 4) is 6.07 Å². The zero-order valence-corrected chi connectivity index (χ0v) is 12.1. The summed E-state index contributed by atoms with van der Waals surface area (Å²) < 4.78 is 6.89. The van der Waals surface area contributed by atoms with Gasteiger partial charge >= 0.3 is 0 Å². The fourth-order valence-electron chi connectivity index (χ4n) is 2.82. The highest BCUT2D eigenvalue weighted by atomic mass is 16.6. The molecule has 2 aromatic rings. The van der Waals surface area contributed by atoms with Gasteiger partial charge in [0.2, 0.25) is 0 Å². The van der Waals surface area contributed by atoms with E-state index in [1.54, 1.807) is 0 Å². The second-order valence-electron chi connectivity index (χ2n) is 5.47. The van der Waals surface area contributed by atoms with Crippen LogP contribution in [0.25, 0.3) is 11.0 Å². The van der Waals surface area contributed by atoms with Crippen LogP contribution in [0.1, 0.15) is 18.7 Å². The summed E-state index contributed by atoms with van der Waals surface area (Å²) >= 11 is 0. The monoisotopic (exact) mass is 321 g/mol. The van der Waals surface area contributed by atoms with Crippen LogP contribution in [-0.2, 0) is 4.74 Å². The highest BCUT2D eigenvalue weighted by molar-refractivity contribution is 5.92. The number of aromatic nitrogens is 3. The topological polar surface area (TPSA) is 157 Å². The third-order valence-corrected chi connectivity index (χ3v) is 4.02. The van der Waals surface area contributed by atoms with Crippen LogP contribution in [0.2, 0.25) is 0 Å². The van der Waals surface area contributed by atoms with Crippen molar-refractivity contribution in [3.05, 3.63) is 18.1 Å². The average molecular weight is 321 g/mol. The van der Waals surface area contributed by atoms with Gasteiger partial charge in [0.15, 0.2) is 12.0 Å². The van der Waals surface area contributed by atoms with Crippen LogP contribution in [0.4, 0.5) is 5.82 Å². The predicted molar refractivity (Wildman–Crippen MR) is 75.3 cm³/mol.